The Kier molecular flexibility index (Phi) is 3.65. The largest absolute Gasteiger partial charge is 0.344 e. The van der Waals surface area contributed by atoms with E-state index in [1.807, 2.05) is 0 Å². The van der Waals surface area contributed by atoms with Crippen LogP contribution in [-0.4, -0.2) is 36.3 Å². The van der Waals surface area contributed by atoms with Crippen molar-refractivity contribution in [1.29, 1.82) is 0 Å². The van der Waals surface area contributed by atoms with E-state index < -0.39 is 11.9 Å². The Morgan fingerprint density at radius 1 is 1.56 bits per heavy atom. The van der Waals surface area contributed by atoms with E-state index in [0.29, 0.717) is 23.0 Å². The molecule has 2 amide bonds. The molecule has 1 N–H and O–H groups in total. The number of likely N-dealkylation sites (tertiary alicyclic amines) is 1. The summed E-state index contributed by atoms with van der Waals surface area (Å²) in [6.45, 7) is 0.633. The lowest BCUT2D eigenvalue weighted by molar-refractivity contribution is -0.128. The van der Waals surface area contributed by atoms with E-state index in [-0.39, 0.29) is 11.8 Å². The van der Waals surface area contributed by atoms with Crippen molar-refractivity contribution in [3.63, 3.8) is 0 Å². The third kappa shape index (κ3) is 2.53. The molecule has 1 atom stereocenters. The summed E-state index contributed by atoms with van der Waals surface area (Å²) in [7, 11) is 1.70. The number of carbonyl (C=O) groups excluding carboxylic acids is 2. The van der Waals surface area contributed by atoms with Crippen molar-refractivity contribution in [2.75, 3.05) is 13.6 Å². The smallest absolute Gasteiger partial charge is 0.253 e. The molecule has 0 bridgehead atoms. The summed E-state index contributed by atoms with van der Waals surface area (Å²) in [6.07, 6.45) is 0.597. The summed E-state index contributed by atoms with van der Waals surface area (Å²) in [5.74, 6) is -0.896. The highest BCUT2D eigenvalue weighted by atomic mass is 79.9. The summed E-state index contributed by atoms with van der Waals surface area (Å²) in [5.41, 5.74) is 0.318. The first-order valence-electron chi connectivity index (χ1n) is 5.50. The molecule has 0 spiro atoms. The van der Waals surface area contributed by atoms with Crippen molar-refractivity contribution >= 4 is 27.7 Å². The fraction of sp³-hybridized carbons (Fsp3) is 0.333. The first-order chi connectivity index (χ1) is 8.49. The van der Waals surface area contributed by atoms with E-state index in [4.69, 9.17) is 0 Å². The molecule has 0 saturated carbocycles. The SMILES string of the molecule is CN1CCC(NC(=O)c2ccc(F)cc2Br)C1=O. The predicted molar refractivity (Wildman–Crippen MR) is 67.6 cm³/mol. The highest BCUT2D eigenvalue weighted by Gasteiger charge is 2.30. The minimum absolute atomic E-state index is 0.0958. The number of carbonyl (C=O) groups is 2. The van der Waals surface area contributed by atoms with Crippen LogP contribution >= 0.6 is 15.9 Å². The fourth-order valence-electron chi connectivity index (χ4n) is 1.87. The molecule has 1 aromatic rings. The number of nitrogens with zero attached hydrogens (tertiary/aromatic N) is 1. The van der Waals surface area contributed by atoms with Crippen molar-refractivity contribution in [2.45, 2.75) is 12.5 Å². The standard InChI is InChI=1S/C12H12BrFN2O2/c1-16-5-4-10(12(16)18)15-11(17)8-3-2-7(14)6-9(8)13/h2-3,6,10H,4-5H2,1H3,(H,15,17). The van der Waals surface area contributed by atoms with Crippen molar-refractivity contribution < 1.29 is 14.0 Å². The van der Waals surface area contributed by atoms with E-state index in [1.54, 1.807) is 11.9 Å². The lowest BCUT2D eigenvalue weighted by Gasteiger charge is -2.12. The Morgan fingerprint density at radius 2 is 2.28 bits per heavy atom. The minimum atomic E-state index is -0.487. The number of halogens is 2. The molecule has 1 unspecified atom stereocenters. The fourth-order valence-corrected chi connectivity index (χ4v) is 2.40. The van der Waals surface area contributed by atoms with E-state index in [0.717, 1.165) is 0 Å². The Balaban J connectivity index is 2.11. The number of hydrogen-bond acceptors (Lipinski definition) is 2. The van der Waals surface area contributed by atoms with Gasteiger partial charge in [0.25, 0.3) is 5.91 Å². The van der Waals surface area contributed by atoms with Crippen LogP contribution < -0.4 is 5.32 Å². The molecule has 4 nitrogen and oxygen atoms in total. The van der Waals surface area contributed by atoms with Crippen LogP contribution in [0.25, 0.3) is 0 Å². The first-order valence-corrected chi connectivity index (χ1v) is 6.29. The van der Waals surface area contributed by atoms with Crippen LogP contribution in [0, 0.1) is 5.82 Å². The summed E-state index contributed by atoms with van der Waals surface area (Å²) < 4.78 is 13.3. The van der Waals surface area contributed by atoms with Crippen LogP contribution in [0.2, 0.25) is 0 Å². The van der Waals surface area contributed by atoms with Gasteiger partial charge in [-0.05, 0) is 40.5 Å². The third-order valence-corrected chi connectivity index (χ3v) is 3.56. The van der Waals surface area contributed by atoms with Gasteiger partial charge in [-0.15, -0.1) is 0 Å². The van der Waals surface area contributed by atoms with Crippen LogP contribution in [0.4, 0.5) is 4.39 Å². The monoisotopic (exact) mass is 314 g/mol. The van der Waals surface area contributed by atoms with Gasteiger partial charge in [0, 0.05) is 18.1 Å². The highest BCUT2D eigenvalue weighted by Crippen LogP contribution is 2.18. The van der Waals surface area contributed by atoms with Gasteiger partial charge >= 0.3 is 0 Å². The van der Waals surface area contributed by atoms with Gasteiger partial charge in [0.15, 0.2) is 0 Å². The maximum absolute atomic E-state index is 12.9. The predicted octanol–water partition coefficient (Wildman–Crippen LogP) is 1.55. The maximum Gasteiger partial charge on any atom is 0.253 e. The number of hydrogen-bond donors (Lipinski definition) is 1. The molecule has 1 heterocycles. The quantitative estimate of drug-likeness (QED) is 0.900. The third-order valence-electron chi connectivity index (χ3n) is 2.91. The van der Waals surface area contributed by atoms with Gasteiger partial charge in [-0.2, -0.15) is 0 Å². The van der Waals surface area contributed by atoms with E-state index in [1.165, 1.54) is 18.2 Å². The van der Waals surface area contributed by atoms with E-state index >= 15 is 0 Å². The van der Waals surface area contributed by atoms with E-state index in [9.17, 15) is 14.0 Å². The number of likely N-dealkylation sites (N-methyl/N-ethyl adjacent to an activating group) is 1. The van der Waals surface area contributed by atoms with Gasteiger partial charge in [0.1, 0.15) is 11.9 Å². The zero-order chi connectivity index (χ0) is 13.3. The molecule has 1 aromatic carbocycles. The molecular formula is C12H12BrFN2O2. The molecule has 2 rings (SSSR count). The normalized spacial score (nSPS) is 19.2. The van der Waals surface area contributed by atoms with Gasteiger partial charge in [-0.1, -0.05) is 0 Å². The number of nitrogens with one attached hydrogen (secondary N) is 1. The molecule has 1 saturated heterocycles. The first kappa shape index (κ1) is 13.0. The van der Waals surface area contributed by atoms with Crippen molar-refractivity contribution in [2.24, 2.45) is 0 Å². The van der Waals surface area contributed by atoms with Crippen LogP contribution in [-0.2, 0) is 4.79 Å². The van der Waals surface area contributed by atoms with Crippen molar-refractivity contribution in [1.82, 2.24) is 10.2 Å². The van der Waals surface area contributed by atoms with Crippen LogP contribution in [0.15, 0.2) is 22.7 Å². The molecular weight excluding hydrogens is 303 g/mol. The summed E-state index contributed by atoms with van der Waals surface area (Å²) >= 11 is 3.13. The van der Waals surface area contributed by atoms with Gasteiger partial charge in [0.05, 0.1) is 5.56 Å². The number of amides is 2. The zero-order valence-electron chi connectivity index (χ0n) is 9.74. The Morgan fingerprint density at radius 3 is 2.83 bits per heavy atom. The molecule has 0 aliphatic carbocycles. The molecule has 0 radical (unpaired) electrons. The lowest BCUT2D eigenvalue weighted by Crippen LogP contribution is -2.40. The van der Waals surface area contributed by atoms with Gasteiger partial charge in [0.2, 0.25) is 5.91 Å². The summed E-state index contributed by atoms with van der Waals surface area (Å²) in [4.78, 5) is 25.2. The summed E-state index contributed by atoms with van der Waals surface area (Å²) in [5, 5.41) is 2.65. The van der Waals surface area contributed by atoms with Gasteiger partial charge in [-0.25, -0.2) is 4.39 Å². The Hall–Kier alpha value is -1.43. The second kappa shape index (κ2) is 5.06. The van der Waals surface area contributed by atoms with Crippen LogP contribution in [0.3, 0.4) is 0 Å². The lowest BCUT2D eigenvalue weighted by atomic mass is 10.2. The average Bonchev–Trinajstić information content (AvgIpc) is 2.61. The maximum atomic E-state index is 12.9. The van der Waals surface area contributed by atoms with Crippen molar-refractivity contribution in [3.8, 4) is 0 Å². The Bertz CT molecular complexity index is 507. The minimum Gasteiger partial charge on any atom is -0.344 e. The van der Waals surface area contributed by atoms with Gasteiger partial charge in [-0.3, -0.25) is 9.59 Å². The highest BCUT2D eigenvalue weighted by molar-refractivity contribution is 9.10. The van der Waals surface area contributed by atoms with Crippen molar-refractivity contribution in [3.05, 3.63) is 34.1 Å². The molecule has 1 aliphatic rings. The number of benzene rings is 1. The Labute approximate surface area is 112 Å². The molecule has 96 valence electrons. The van der Waals surface area contributed by atoms with Gasteiger partial charge < -0.3 is 10.2 Å². The average molecular weight is 315 g/mol. The zero-order valence-corrected chi connectivity index (χ0v) is 11.3. The molecule has 1 fully saturated rings. The summed E-state index contributed by atoms with van der Waals surface area (Å²) in [6, 6.07) is 3.33. The topological polar surface area (TPSA) is 49.4 Å². The van der Waals surface area contributed by atoms with E-state index in [2.05, 4.69) is 21.2 Å². The number of rotatable bonds is 2. The second-order valence-corrected chi connectivity index (χ2v) is 5.05. The van der Waals surface area contributed by atoms with Crippen LogP contribution in [0.5, 0.6) is 0 Å². The molecule has 18 heavy (non-hydrogen) atoms. The van der Waals surface area contributed by atoms with Crippen LogP contribution in [0.1, 0.15) is 16.8 Å². The molecule has 1 aliphatic heterocycles. The second-order valence-electron chi connectivity index (χ2n) is 4.20. The molecule has 0 aromatic heterocycles. The molecule has 6 heteroatoms.